The lowest BCUT2D eigenvalue weighted by Gasteiger charge is -2.10. The Bertz CT molecular complexity index is 750. The SMILES string of the molecule is COc1ccc(Cl)cc1/C=C/C(=O)Nc1ccccc1OC(F)F. The van der Waals surface area contributed by atoms with Crippen molar-refractivity contribution in [3.63, 3.8) is 0 Å². The number of benzene rings is 2. The van der Waals surface area contributed by atoms with E-state index in [1.807, 2.05) is 0 Å². The van der Waals surface area contributed by atoms with Gasteiger partial charge in [0, 0.05) is 16.7 Å². The lowest BCUT2D eigenvalue weighted by Crippen LogP contribution is -2.11. The van der Waals surface area contributed by atoms with Crippen molar-refractivity contribution >= 4 is 29.3 Å². The number of anilines is 1. The van der Waals surface area contributed by atoms with Crippen LogP contribution in [0.15, 0.2) is 48.5 Å². The third kappa shape index (κ3) is 4.96. The highest BCUT2D eigenvalue weighted by molar-refractivity contribution is 6.30. The van der Waals surface area contributed by atoms with E-state index in [0.29, 0.717) is 16.3 Å². The first-order chi connectivity index (χ1) is 11.5. The van der Waals surface area contributed by atoms with Gasteiger partial charge < -0.3 is 14.8 Å². The monoisotopic (exact) mass is 353 g/mol. The van der Waals surface area contributed by atoms with Gasteiger partial charge in [-0.05, 0) is 36.4 Å². The number of carbonyl (C=O) groups excluding carboxylic acids is 1. The first-order valence-corrected chi connectivity index (χ1v) is 7.24. The Hall–Kier alpha value is -2.60. The Morgan fingerprint density at radius 3 is 2.67 bits per heavy atom. The van der Waals surface area contributed by atoms with Gasteiger partial charge in [0.15, 0.2) is 0 Å². The van der Waals surface area contributed by atoms with Gasteiger partial charge in [0.25, 0.3) is 0 Å². The van der Waals surface area contributed by atoms with Crippen LogP contribution in [0.1, 0.15) is 5.56 Å². The standard InChI is InChI=1S/C17H14ClF2NO3/c1-23-14-8-7-12(18)10-11(14)6-9-16(22)21-13-4-2-3-5-15(13)24-17(19)20/h2-10,17H,1H3,(H,21,22)/b9-6+. The molecule has 1 amide bonds. The minimum atomic E-state index is -2.98. The third-order valence-corrected chi connectivity index (χ3v) is 3.20. The second-order valence-corrected chi connectivity index (χ2v) is 5.02. The first-order valence-electron chi connectivity index (χ1n) is 6.86. The molecule has 4 nitrogen and oxygen atoms in total. The van der Waals surface area contributed by atoms with Crippen LogP contribution in [0.25, 0.3) is 6.08 Å². The third-order valence-electron chi connectivity index (χ3n) is 2.97. The van der Waals surface area contributed by atoms with Crippen LogP contribution in [-0.4, -0.2) is 19.6 Å². The summed E-state index contributed by atoms with van der Waals surface area (Å²) in [5, 5.41) is 2.97. The molecule has 1 N–H and O–H groups in total. The maximum atomic E-state index is 12.4. The van der Waals surface area contributed by atoms with Crippen LogP contribution in [0.4, 0.5) is 14.5 Å². The summed E-state index contributed by atoms with van der Waals surface area (Å²) in [7, 11) is 1.50. The Morgan fingerprint density at radius 2 is 1.96 bits per heavy atom. The highest BCUT2D eigenvalue weighted by Crippen LogP contribution is 2.26. The summed E-state index contributed by atoms with van der Waals surface area (Å²) in [6.07, 6.45) is 2.75. The molecule has 2 rings (SSSR count). The molecule has 126 valence electrons. The largest absolute Gasteiger partial charge is 0.496 e. The number of alkyl halides is 2. The van der Waals surface area contributed by atoms with Gasteiger partial charge in [-0.25, -0.2) is 0 Å². The van der Waals surface area contributed by atoms with E-state index in [9.17, 15) is 13.6 Å². The summed E-state index contributed by atoms with van der Waals surface area (Å²) < 4.78 is 34.2. The topological polar surface area (TPSA) is 47.6 Å². The van der Waals surface area contributed by atoms with Crippen molar-refractivity contribution in [3.8, 4) is 11.5 Å². The molecule has 0 radical (unpaired) electrons. The van der Waals surface area contributed by atoms with E-state index >= 15 is 0 Å². The van der Waals surface area contributed by atoms with Gasteiger partial charge >= 0.3 is 6.61 Å². The highest BCUT2D eigenvalue weighted by atomic mass is 35.5. The molecule has 7 heteroatoms. The highest BCUT2D eigenvalue weighted by Gasteiger charge is 2.10. The number of carbonyl (C=O) groups is 1. The molecule has 2 aromatic carbocycles. The lowest BCUT2D eigenvalue weighted by molar-refractivity contribution is -0.111. The Labute approximate surface area is 142 Å². The molecule has 0 aliphatic rings. The number of rotatable bonds is 6. The average molecular weight is 354 g/mol. The van der Waals surface area contributed by atoms with Crippen LogP contribution in [0.3, 0.4) is 0 Å². The summed E-state index contributed by atoms with van der Waals surface area (Å²) in [5.74, 6) is -0.0817. The van der Waals surface area contributed by atoms with Crippen molar-refractivity contribution in [2.24, 2.45) is 0 Å². The van der Waals surface area contributed by atoms with Crippen LogP contribution in [0, 0.1) is 0 Å². The molecule has 2 aromatic rings. The van der Waals surface area contributed by atoms with E-state index < -0.39 is 12.5 Å². The van der Waals surface area contributed by atoms with Gasteiger partial charge in [-0.2, -0.15) is 8.78 Å². The molecule has 0 spiro atoms. The average Bonchev–Trinajstić information content (AvgIpc) is 2.54. The van der Waals surface area contributed by atoms with Crippen LogP contribution < -0.4 is 14.8 Å². The number of ether oxygens (including phenoxy) is 2. The van der Waals surface area contributed by atoms with Gasteiger partial charge in [-0.1, -0.05) is 23.7 Å². The summed E-state index contributed by atoms with van der Waals surface area (Å²) in [5.41, 5.74) is 0.753. The van der Waals surface area contributed by atoms with Gasteiger partial charge in [-0.15, -0.1) is 0 Å². The quantitative estimate of drug-likeness (QED) is 0.772. The molecule has 0 aliphatic heterocycles. The minimum absolute atomic E-state index is 0.116. The fraction of sp³-hybridized carbons (Fsp3) is 0.118. The van der Waals surface area contributed by atoms with Crippen molar-refractivity contribution in [2.45, 2.75) is 6.61 Å². The number of methoxy groups -OCH3 is 1. The Balaban J connectivity index is 2.13. The van der Waals surface area contributed by atoms with E-state index in [2.05, 4.69) is 10.1 Å². The van der Waals surface area contributed by atoms with Gasteiger partial charge in [0.2, 0.25) is 5.91 Å². The number of halogens is 3. The molecule has 0 saturated carbocycles. The van der Waals surface area contributed by atoms with E-state index in [1.165, 1.54) is 37.5 Å². The van der Waals surface area contributed by atoms with E-state index in [1.54, 1.807) is 24.3 Å². The second-order valence-electron chi connectivity index (χ2n) is 4.58. The summed E-state index contributed by atoms with van der Waals surface area (Å²) >= 11 is 5.91. The molecule has 0 unspecified atom stereocenters. The molecular weight excluding hydrogens is 340 g/mol. The number of hydrogen-bond acceptors (Lipinski definition) is 3. The lowest BCUT2D eigenvalue weighted by atomic mass is 10.2. The predicted molar refractivity (Wildman–Crippen MR) is 88.7 cm³/mol. The zero-order chi connectivity index (χ0) is 17.5. The van der Waals surface area contributed by atoms with Crippen molar-refractivity contribution in [2.75, 3.05) is 12.4 Å². The Morgan fingerprint density at radius 1 is 1.21 bits per heavy atom. The molecule has 0 bridgehead atoms. The predicted octanol–water partition coefficient (Wildman–Crippen LogP) is 4.60. The number of hydrogen-bond donors (Lipinski definition) is 1. The van der Waals surface area contributed by atoms with Crippen LogP contribution in [-0.2, 0) is 4.79 Å². The summed E-state index contributed by atoms with van der Waals surface area (Å²) in [4.78, 5) is 12.0. The second kappa shape index (κ2) is 8.31. The molecule has 0 fully saturated rings. The van der Waals surface area contributed by atoms with E-state index in [-0.39, 0.29) is 11.4 Å². The molecule has 0 saturated heterocycles. The molecule has 0 atom stereocenters. The maximum absolute atomic E-state index is 12.4. The van der Waals surface area contributed by atoms with Crippen molar-refractivity contribution in [1.29, 1.82) is 0 Å². The number of nitrogens with one attached hydrogen (secondary N) is 1. The summed E-state index contributed by atoms with van der Waals surface area (Å²) in [6, 6.07) is 10.9. The fourth-order valence-corrected chi connectivity index (χ4v) is 2.12. The van der Waals surface area contributed by atoms with Crippen LogP contribution in [0.2, 0.25) is 5.02 Å². The molecule has 0 heterocycles. The van der Waals surface area contributed by atoms with Crippen molar-refractivity contribution < 1.29 is 23.0 Å². The molecule has 0 aliphatic carbocycles. The van der Waals surface area contributed by atoms with Crippen LogP contribution in [0.5, 0.6) is 11.5 Å². The minimum Gasteiger partial charge on any atom is -0.496 e. The van der Waals surface area contributed by atoms with Crippen molar-refractivity contribution in [1.82, 2.24) is 0 Å². The summed E-state index contributed by atoms with van der Waals surface area (Å²) in [6.45, 7) is -2.98. The van der Waals surface area contributed by atoms with E-state index in [0.717, 1.165) is 0 Å². The fourth-order valence-electron chi connectivity index (χ4n) is 1.94. The normalized spacial score (nSPS) is 10.9. The molecule has 0 aromatic heterocycles. The van der Waals surface area contributed by atoms with Crippen LogP contribution >= 0.6 is 11.6 Å². The molecule has 24 heavy (non-hydrogen) atoms. The first kappa shape index (κ1) is 17.7. The zero-order valence-electron chi connectivity index (χ0n) is 12.6. The van der Waals surface area contributed by atoms with Gasteiger partial charge in [0.1, 0.15) is 11.5 Å². The van der Waals surface area contributed by atoms with Gasteiger partial charge in [-0.3, -0.25) is 4.79 Å². The number of amides is 1. The van der Waals surface area contributed by atoms with Gasteiger partial charge in [0.05, 0.1) is 12.8 Å². The Kier molecular flexibility index (Phi) is 6.14. The van der Waals surface area contributed by atoms with Crippen molar-refractivity contribution in [3.05, 3.63) is 59.1 Å². The number of para-hydroxylation sites is 2. The molecular formula is C17H14ClF2NO3. The maximum Gasteiger partial charge on any atom is 0.387 e. The zero-order valence-corrected chi connectivity index (χ0v) is 13.4. The van der Waals surface area contributed by atoms with E-state index in [4.69, 9.17) is 16.3 Å². The smallest absolute Gasteiger partial charge is 0.387 e.